The van der Waals surface area contributed by atoms with Crippen LogP contribution in [0, 0.1) is 13.8 Å². The van der Waals surface area contributed by atoms with Gasteiger partial charge < -0.3 is 14.6 Å². The number of carbonyl (C=O) groups is 2. The number of anilines is 1. The van der Waals surface area contributed by atoms with E-state index in [2.05, 4.69) is 34.7 Å². The first-order valence-electron chi connectivity index (χ1n) is 10.1. The minimum absolute atomic E-state index is 0.168. The zero-order valence-corrected chi connectivity index (χ0v) is 20.7. The highest BCUT2D eigenvalue weighted by Crippen LogP contribution is 2.32. The number of hydrogen-bond acceptors (Lipinski definition) is 8. The monoisotopic (exact) mass is 478 g/mol. The molecule has 1 amide bonds. The van der Waals surface area contributed by atoms with Crippen LogP contribution in [0.15, 0.2) is 16.6 Å². The molecular formula is C21H26N4O3S3. The third-order valence-corrected chi connectivity index (χ3v) is 7.95. The first-order valence-corrected chi connectivity index (χ1v) is 12.8. The molecule has 3 rings (SSSR count). The lowest BCUT2D eigenvalue weighted by molar-refractivity contribution is -0.113. The van der Waals surface area contributed by atoms with Gasteiger partial charge in [-0.05, 0) is 45.7 Å². The average molecular weight is 479 g/mol. The van der Waals surface area contributed by atoms with Crippen LogP contribution in [0.4, 0.5) is 5.00 Å². The van der Waals surface area contributed by atoms with E-state index in [1.165, 1.54) is 33.5 Å². The van der Waals surface area contributed by atoms with Gasteiger partial charge in [0.15, 0.2) is 11.0 Å². The molecule has 0 saturated heterocycles. The summed E-state index contributed by atoms with van der Waals surface area (Å²) in [6.45, 7) is 11.0. The fourth-order valence-electron chi connectivity index (χ4n) is 2.98. The molecule has 7 nitrogen and oxygen atoms in total. The van der Waals surface area contributed by atoms with Gasteiger partial charge in [0.25, 0.3) is 0 Å². The highest BCUT2D eigenvalue weighted by atomic mass is 32.2. The molecule has 0 atom stereocenters. The van der Waals surface area contributed by atoms with Gasteiger partial charge in [-0.1, -0.05) is 18.7 Å². The highest BCUT2D eigenvalue weighted by Gasteiger charge is 2.20. The van der Waals surface area contributed by atoms with Crippen LogP contribution in [0.2, 0.25) is 0 Å². The molecule has 0 aliphatic carbocycles. The van der Waals surface area contributed by atoms with Gasteiger partial charge in [0.1, 0.15) is 5.00 Å². The topological polar surface area (TPSA) is 86.1 Å². The fourth-order valence-corrected chi connectivity index (χ4v) is 5.64. The van der Waals surface area contributed by atoms with E-state index in [1.807, 2.05) is 18.4 Å². The van der Waals surface area contributed by atoms with E-state index in [0.717, 1.165) is 22.7 Å². The SMILES string of the molecule is CCOC(=O)c1cc(CC)sc1NC(=O)CSc1nnc(-c2csc(C)c2C)n1CC. The number of nitrogens with one attached hydrogen (secondary N) is 1. The number of ether oxygens (including phenoxy) is 1. The van der Waals surface area contributed by atoms with E-state index in [-0.39, 0.29) is 18.3 Å². The second-order valence-corrected chi connectivity index (χ2v) is 9.91. The average Bonchev–Trinajstić information content (AvgIpc) is 3.44. The molecule has 0 fully saturated rings. The molecule has 3 aromatic heterocycles. The lowest BCUT2D eigenvalue weighted by atomic mass is 10.1. The number of amides is 1. The molecule has 0 spiro atoms. The summed E-state index contributed by atoms with van der Waals surface area (Å²) >= 11 is 4.43. The van der Waals surface area contributed by atoms with E-state index in [9.17, 15) is 9.59 Å². The zero-order valence-electron chi connectivity index (χ0n) is 18.3. The van der Waals surface area contributed by atoms with E-state index < -0.39 is 5.97 Å². The summed E-state index contributed by atoms with van der Waals surface area (Å²) in [6.07, 6.45) is 0.783. The van der Waals surface area contributed by atoms with Gasteiger partial charge in [-0.3, -0.25) is 4.79 Å². The van der Waals surface area contributed by atoms with Crippen molar-refractivity contribution in [3.63, 3.8) is 0 Å². The van der Waals surface area contributed by atoms with Crippen LogP contribution in [-0.4, -0.2) is 39.0 Å². The van der Waals surface area contributed by atoms with Crippen molar-refractivity contribution in [2.75, 3.05) is 17.7 Å². The standard InChI is InChI=1S/C21H26N4O3S3/c1-6-14-9-15(20(27)28-8-3)19(31-14)22-17(26)11-30-21-24-23-18(25(21)7-2)16-10-29-13(5)12(16)4/h9-10H,6-8,11H2,1-5H3,(H,22,26). The van der Waals surface area contributed by atoms with E-state index >= 15 is 0 Å². The Labute approximate surface area is 194 Å². The van der Waals surface area contributed by atoms with Gasteiger partial charge in [-0.2, -0.15) is 0 Å². The lowest BCUT2D eigenvalue weighted by Gasteiger charge is -2.08. The van der Waals surface area contributed by atoms with Crippen molar-refractivity contribution in [3.05, 3.63) is 32.3 Å². The van der Waals surface area contributed by atoms with E-state index in [0.29, 0.717) is 22.3 Å². The minimum atomic E-state index is -0.418. The predicted molar refractivity (Wildman–Crippen MR) is 127 cm³/mol. The van der Waals surface area contributed by atoms with E-state index in [1.54, 1.807) is 24.3 Å². The number of nitrogens with zero attached hydrogens (tertiary/aromatic N) is 3. The molecule has 0 aliphatic heterocycles. The summed E-state index contributed by atoms with van der Waals surface area (Å²) in [7, 11) is 0. The van der Waals surface area contributed by atoms with Crippen molar-refractivity contribution in [2.24, 2.45) is 0 Å². The van der Waals surface area contributed by atoms with Crippen molar-refractivity contribution in [2.45, 2.75) is 52.7 Å². The van der Waals surface area contributed by atoms with Gasteiger partial charge in [0, 0.05) is 27.2 Å². The molecule has 3 heterocycles. The lowest BCUT2D eigenvalue weighted by Crippen LogP contribution is -2.16. The molecule has 10 heteroatoms. The third-order valence-electron chi connectivity index (χ3n) is 4.77. The number of thiophene rings is 2. The molecule has 3 aromatic rings. The Kier molecular flexibility index (Phi) is 7.90. The second kappa shape index (κ2) is 10.4. The molecule has 0 aromatic carbocycles. The smallest absolute Gasteiger partial charge is 0.341 e. The summed E-state index contributed by atoms with van der Waals surface area (Å²) in [6, 6.07) is 1.79. The zero-order chi connectivity index (χ0) is 22.5. The molecule has 0 aliphatic rings. The molecular weight excluding hydrogens is 452 g/mol. The van der Waals surface area contributed by atoms with Crippen LogP contribution >= 0.6 is 34.4 Å². The number of thioether (sulfide) groups is 1. The Hall–Kier alpha value is -2.17. The van der Waals surface area contributed by atoms with Crippen molar-refractivity contribution < 1.29 is 14.3 Å². The van der Waals surface area contributed by atoms with Crippen LogP contribution < -0.4 is 5.32 Å². The summed E-state index contributed by atoms with van der Waals surface area (Å²) in [5.41, 5.74) is 2.69. The number of aromatic nitrogens is 3. The van der Waals surface area contributed by atoms with Crippen molar-refractivity contribution >= 4 is 51.3 Å². The Bertz CT molecular complexity index is 1080. The Morgan fingerprint density at radius 2 is 2.00 bits per heavy atom. The maximum Gasteiger partial charge on any atom is 0.341 e. The summed E-state index contributed by atoms with van der Waals surface area (Å²) < 4.78 is 7.14. The van der Waals surface area contributed by atoms with Gasteiger partial charge >= 0.3 is 5.97 Å². The molecule has 0 unspecified atom stereocenters. The quantitative estimate of drug-likeness (QED) is 0.337. The van der Waals surface area contributed by atoms with Crippen LogP contribution in [0.3, 0.4) is 0 Å². The summed E-state index contributed by atoms with van der Waals surface area (Å²) in [5.74, 6) is 0.372. The Morgan fingerprint density at radius 3 is 2.61 bits per heavy atom. The van der Waals surface area contributed by atoms with Crippen molar-refractivity contribution in [1.29, 1.82) is 0 Å². The molecule has 166 valence electrons. The van der Waals surface area contributed by atoms with E-state index in [4.69, 9.17) is 4.74 Å². The molecule has 1 N–H and O–H groups in total. The third kappa shape index (κ3) is 5.19. The van der Waals surface area contributed by atoms with Crippen LogP contribution in [-0.2, 0) is 22.5 Å². The van der Waals surface area contributed by atoms with Crippen LogP contribution in [0.5, 0.6) is 0 Å². The van der Waals surface area contributed by atoms with Crippen LogP contribution in [0.25, 0.3) is 11.4 Å². The Morgan fingerprint density at radius 1 is 1.23 bits per heavy atom. The number of aryl methyl sites for hydroxylation is 2. The highest BCUT2D eigenvalue weighted by molar-refractivity contribution is 7.99. The van der Waals surface area contributed by atoms with Crippen LogP contribution in [0.1, 0.15) is 46.4 Å². The number of esters is 1. The van der Waals surface area contributed by atoms with Crippen molar-refractivity contribution in [1.82, 2.24) is 14.8 Å². The largest absolute Gasteiger partial charge is 0.462 e. The molecule has 0 saturated carbocycles. The fraction of sp³-hybridized carbons (Fsp3) is 0.429. The first kappa shape index (κ1) is 23.5. The van der Waals surface area contributed by atoms with Crippen molar-refractivity contribution in [3.8, 4) is 11.4 Å². The van der Waals surface area contributed by atoms with Gasteiger partial charge in [-0.15, -0.1) is 32.9 Å². The predicted octanol–water partition coefficient (Wildman–Crippen LogP) is 5.17. The second-order valence-electron chi connectivity index (χ2n) is 6.75. The normalized spacial score (nSPS) is 11.0. The maximum atomic E-state index is 12.6. The summed E-state index contributed by atoms with van der Waals surface area (Å²) in [4.78, 5) is 27.1. The maximum absolute atomic E-state index is 12.6. The minimum Gasteiger partial charge on any atom is -0.462 e. The number of hydrogen-bond donors (Lipinski definition) is 1. The number of rotatable bonds is 9. The first-order chi connectivity index (χ1) is 14.9. The van der Waals surface area contributed by atoms with Gasteiger partial charge in [-0.25, -0.2) is 4.79 Å². The molecule has 0 bridgehead atoms. The molecule has 0 radical (unpaired) electrons. The summed E-state index contributed by atoms with van der Waals surface area (Å²) in [5, 5.41) is 14.9. The Balaban J connectivity index is 1.71. The molecule has 31 heavy (non-hydrogen) atoms. The van der Waals surface area contributed by atoms with Gasteiger partial charge in [0.2, 0.25) is 5.91 Å². The number of carbonyl (C=O) groups excluding carboxylic acids is 2. The van der Waals surface area contributed by atoms with Gasteiger partial charge in [0.05, 0.1) is 17.9 Å².